The fourth-order valence-electron chi connectivity index (χ4n) is 3.63. The molecule has 0 atom stereocenters. The largest absolute Gasteiger partial charge is 0.486 e. The highest BCUT2D eigenvalue weighted by molar-refractivity contribution is 7.91. The van der Waals surface area contributed by atoms with E-state index in [1.807, 2.05) is 49.4 Å². The molecule has 0 aromatic heterocycles. The number of aryl methyl sites for hydroxylation is 1. The number of hydrogen-bond donors (Lipinski definition) is 0. The van der Waals surface area contributed by atoms with Gasteiger partial charge >= 0.3 is 0 Å². The summed E-state index contributed by atoms with van der Waals surface area (Å²) in [7, 11) is -3.58. The number of rotatable bonds is 8. The van der Waals surface area contributed by atoms with Gasteiger partial charge in [-0.3, -0.25) is 4.79 Å². The molecule has 4 rings (SSSR count). The molecular weight excluding hydrogens is 450 g/mol. The van der Waals surface area contributed by atoms with Crippen molar-refractivity contribution in [2.24, 2.45) is 0 Å². The Labute approximate surface area is 200 Å². The van der Waals surface area contributed by atoms with Crippen LogP contribution in [0.15, 0.2) is 83.8 Å². The van der Waals surface area contributed by atoms with Gasteiger partial charge in [0.15, 0.2) is 21.3 Å². The minimum Gasteiger partial charge on any atom is -0.486 e. The molecule has 0 unspecified atom stereocenters. The Bertz CT molecular complexity index is 1270. The van der Waals surface area contributed by atoms with E-state index in [0.29, 0.717) is 30.4 Å². The van der Waals surface area contributed by atoms with Crippen molar-refractivity contribution in [3.05, 3.63) is 90.0 Å². The topological polar surface area (TPSA) is 72.9 Å². The lowest BCUT2D eigenvalue weighted by Gasteiger charge is -2.24. The predicted molar refractivity (Wildman–Crippen MR) is 133 cm³/mol. The van der Waals surface area contributed by atoms with E-state index in [1.165, 1.54) is 0 Å². The molecule has 1 heterocycles. The maximum absolute atomic E-state index is 13.2. The molecule has 3 aromatic carbocycles. The third kappa shape index (κ3) is 5.85. The number of hydrogen-bond acceptors (Lipinski definition) is 5. The summed E-state index contributed by atoms with van der Waals surface area (Å²) in [5.41, 5.74) is 2.61. The Morgan fingerprint density at radius 1 is 0.941 bits per heavy atom. The fourth-order valence-corrected chi connectivity index (χ4v) is 4.86. The predicted octanol–water partition coefficient (Wildman–Crippen LogP) is 4.68. The highest BCUT2D eigenvalue weighted by Crippen LogP contribution is 2.34. The van der Waals surface area contributed by atoms with Crippen LogP contribution in [0.5, 0.6) is 11.5 Å². The van der Waals surface area contributed by atoms with E-state index in [-0.39, 0.29) is 29.5 Å². The van der Waals surface area contributed by atoms with Crippen molar-refractivity contribution in [3.8, 4) is 11.5 Å². The first kappa shape index (κ1) is 23.6. The Hall–Kier alpha value is -3.58. The normalized spacial score (nSPS) is 13.1. The average Bonchev–Trinajstić information content (AvgIpc) is 2.86. The smallest absolute Gasteiger partial charge is 0.228 e. The summed E-state index contributed by atoms with van der Waals surface area (Å²) >= 11 is 0. The minimum absolute atomic E-state index is 0.135. The van der Waals surface area contributed by atoms with E-state index in [0.717, 1.165) is 11.1 Å². The van der Waals surface area contributed by atoms with Gasteiger partial charge in [0.05, 0.1) is 10.6 Å². The molecule has 0 N–H and O–H groups in total. The summed E-state index contributed by atoms with van der Waals surface area (Å²) in [6.07, 6.45) is 3.68. The summed E-state index contributed by atoms with van der Waals surface area (Å²) in [5.74, 6) is 0.647. The highest BCUT2D eigenvalue weighted by Gasteiger charge is 2.22. The first-order valence-electron chi connectivity index (χ1n) is 11.1. The molecule has 0 aliphatic carbocycles. The maximum Gasteiger partial charge on any atom is 0.228 e. The van der Waals surface area contributed by atoms with Crippen molar-refractivity contribution in [1.82, 2.24) is 0 Å². The van der Waals surface area contributed by atoms with E-state index in [4.69, 9.17) is 9.47 Å². The van der Waals surface area contributed by atoms with Crippen molar-refractivity contribution in [1.29, 1.82) is 0 Å². The molecule has 0 saturated heterocycles. The first-order valence-corrected chi connectivity index (χ1v) is 12.8. The zero-order valence-corrected chi connectivity index (χ0v) is 19.8. The van der Waals surface area contributed by atoms with Crippen molar-refractivity contribution in [3.63, 3.8) is 0 Å². The van der Waals surface area contributed by atoms with Crippen molar-refractivity contribution >= 4 is 27.5 Å². The van der Waals surface area contributed by atoms with Crippen LogP contribution in [0, 0.1) is 6.92 Å². The number of benzene rings is 3. The third-order valence-electron chi connectivity index (χ3n) is 5.50. The lowest BCUT2D eigenvalue weighted by atomic mass is 10.2. The van der Waals surface area contributed by atoms with Crippen LogP contribution >= 0.6 is 0 Å². The van der Waals surface area contributed by atoms with Gasteiger partial charge in [0.25, 0.3) is 0 Å². The number of ether oxygens (including phenoxy) is 2. The number of sulfone groups is 1. The summed E-state index contributed by atoms with van der Waals surface area (Å²) in [6, 6.07) is 21.8. The monoisotopic (exact) mass is 477 g/mol. The van der Waals surface area contributed by atoms with Crippen molar-refractivity contribution in [2.75, 3.05) is 30.4 Å². The van der Waals surface area contributed by atoms with E-state index < -0.39 is 9.84 Å². The first-order chi connectivity index (χ1) is 16.4. The van der Waals surface area contributed by atoms with Crippen LogP contribution < -0.4 is 14.4 Å². The molecular formula is C27H27NO5S. The second-order valence-corrected chi connectivity index (χ2v) is 10.1. The summed E-state index contributed by atoms with van der Waals surface area (Å²) in [4.78, 5) is 15.0. The highest BCUT2D eigenvalue weighted by atomic mass is 32.2. The molecule has 3 aromatic rings. The molecule has 0 radical (unpaired) electrons. The van der Waals surface area contributed by atoms with Crippen LogP contribution in [0.25, 0.3) is 6.08 Å². The summed E-state index contributed by atoms with van der Waals surface area (Å²) in [6.45, 7) is 3.10. The fraction of sp³-hybridized carbons (Fsp3) is 0.222. The molecule has 0 spiro atoms. The second-order valence-electron chi connectivity index (χ2n) is 8.03. The van der Waals surface area contributed by atoms with Crippen LogP contribution in [-0.2, 0) is 14.6 Å². The zero-order chi connectivity index (χ0) is 24.0. The SMILES string of the molecule is Cc1ccc(S(=O)(=O)CCC(=O)N(C/C=C/c2ccccc2)c2ccc3c(c2)OCCO3)cc1. The third-order valence-corrected chi connectivity index (χ3v) is 7.23. The van der Waals surface area contributed by atoms with Gasteiger partial charge in [0.2, 0.25) is 5.91 Å². The van der Waals surface area contributed by atoms with Gasteiger partial charge in [-0.25, -0.2) is 8.42 Å². The molecule has 1 amide bonds. The van der Waals surface area contributed by atoms with Crippen LogP contribution in [0.4, 0.5) is 5.69 Å². The van der Waals surface area contributed by atoms with Gasteiger partial charge in [-0.05, 0) is 36.8 Å². The minimum atomic E-state index is -3.58. The number of carbonyl (C=O) groups excluding carboxylic acids is 1. The van der Waals surface area contributed by atoms with Gasteiger partial charge in [0.1, 0.15) is 13.2 Å². The van der Waals surface area contributed by atoms with Crippen LogP contribution in [-0.4, -0.2) is 39.8 Å². The van der Waals surface area contributed by atoms with E-state index in [9.17, 15) is 13.2 Å². The molecule has 34 heavy (non-hydrogen) atoms. The Morgan fingerprint density at radius 2 is 1.65 bits per heavy atom. The Morgan fingerprint density at radius 3 is 2.38 bits per heavy atom. The maximum atomic E-state index is 13.2. The molecule has 0 saturated carbocycles. The number of fused-ring (bicyclic) bond motifs is 1. The molecule has 7 heteroatoms. The van der Waals surface area contributed by atoms with Crippen LogP contribution in [0.2, 0.25) is 0 Å². The molecule has 176 valence electrons. The summed E-state index contributed by atoms with van der Waals surface area (Å²) in [5, 5.41) is 0. The van der Waals surface area contributed by atoms with Gasteiger partial charge in [-0.1, -0.05) is 60.2 Å². The number of amides is 1. The van der Waals surface area contributed by atoms with E-state index in [2.05, 4.69) is 0 Å². The lowest BCUT2D eigenvalue weighted by molar-refractivity contribution is -0.118. The average molecular weight is 478 g/mol. The Kier molecular flexibility index (Phi) is 7.33. The van der Waals surface area contributed by atoms with Crippen LogP contribution in [0.3, 0.4) is 0 Å². The van der Waals surface area contributed by atoms with Gasteiger partial charge < -0.3 is 14.4 Å². The number of anilines is 1. The second kappa shape index (κ2) is 10.6. The lowest BCUT2D eigenvalue weighted by Crippen LogP contribution is -2.32. The molecule has 1 aliphatic heterocycles. The van der Waals surface area contributed by atoms with Gasteiger partial charge in [-0.15, -0.1) is 0 Å². The standard InChI is InChI=1S/C27H27NO5S/c1-21-9-12-24(13-10-21)34(30,31)19-15-27(29)28(16-5-8-22-6-3-2-4-7-22)23-11-14-25-26(20-23)33-18-17-32-25/h2-14,20H,15-19H2,1H3/b8-5+. The van der Waals surface area contributed by atoms with Crippen molar-refractivity contribution in [2.45, 2.75) is 18.2 Å². The summed E-state index contributed by atoms with van der Waals surface area (Å²) < 4.78 is 36.8. The van der Waals surface area contributed by atoms with Gasteiger partial charge in [0, 0.05) is 24.7 Å². The van der Waals surface area contributed by atoms with Gasteiger partial charge in [-0.2, -0.15) is 0 Å². The van der Waals surface area contributed by atoms with Crippen LogP contribution in [0.1, 0.15) is 17.5 Å². The quantitative estimate of drug-likeness (QED) is 0.471. The molecule has 1 aliphatic rings. The zero-order valence-electron chi connectivity index (χ0n) is 19.0. The van der Waals surface area contributed by atoms with E-state index >= 15 is 0 Å². The Balaban J connectivity index is 1.53. The van der Waals surface area contributed by atoms with E-state index in [1.54, 1.807) is 47.4 Å². The number of nitrogens with zero attached hydrogens (tertiary/aromatic N) is 1. The molecule has 6 nitrogen and oxygen atoms in total. The molecule has 0 fully saturated rings. The molecule has 0 bridgehead atoms. The number of carbonyl (C=O) groups is 1. The van der Waals surface area contributed by atoms with Crippen molar-refractivity contribution < 1.29 is 22.7 Å².